The molecule has 3 heteroatoms. The number of thiophene rings is 1. The fourth-order valence-corrected chi connectivity index (χ4v) is 4.17. The van der Waals surface area contributed by atoms with Gasteiger partial charge >= 0.3 is 0 Å². The first-order valence-electron chi connectivity index (χ1n) is 5.26. The van der Waals surface area contributed by atoms with E-state index < -0.39 is 0 Å². The van der Waals surface area contributed by atoms with Crippen molar-refractivity contribution in [2.45, 2.75) is 31.7 Å². The summed E-state index contributed by atoms with van der Waals surface area (Å²) in [5, 5.41) is 3.55. The Morgan fingerprint density at radius 3 is 3.33 bits per heavy atom. The minimum Gasteiger partial charge on any atom is -0.309 e. The molecule has 0 fully saturated rings. The Hall–Kier alpha value is -0.0500. The van der Waals surface area contributed by atoms with Crippen LogP contribution in [0, 0.1) is 15.2 Å². The average Bonchev–Trinajstić information content (AvgIpc) is 2.59. The molecular formula is C12H14INS. The Kier molecular flexibility index (Phi) is 4.06. The second-order valence-corrected chi connectivity index (χ2v) is 6.81. The molecule has 0 aromatic carbocycles. The van der Waals surface area contributed by atoms with E-state index in [9.17, 15) is 0 Å². The highest BCUT2D eigenvalue weighted by molar-refractivity contribution is 14.1. The van der Waals surface area contributed by atoms with Crippen molar-refractivity contribution in [3.05, 3.63) is 19.4 Å². The Bertz CT molecular complexity index is 377. The number of terminal acetylenes is 1. The number of rotatable bonds is 3. The molecule has 1 atom stereocenters. The molecule has 0 amide bonds. The van der Waals surface area contributed by atoms with Crippen molar-refractivity contribution in [3.63, 3.8) is 0 Å². The lowest BCUT2D eigenvalue weighted by atomic mass is 9.94. The summed E-state index contributed by atoms with van der Waals surface area (Å²) in [6.07, 6.45) is 9.90. The molecule has 0 saturated heterocycles. The van der Waals surface area contributed by atoms with Crippen molar-refractivity contribution in [1.82, 2.24) is 5.32 Å². The molecule has 1 aromatic rings. The molecule has 1 heterocycles. The SMILES string of the molecule is C#CCCNC1CCCc2sc(I)cc21. The summed E-state index contributed by atoms with van der Waals surface area (Å²) < 4.78 is 1.41. The molecule has 1 N–H and O–H groups in total. The summed E-state index contributed by atoms with van der Waals surface area (Å²) in [5.74, 6) is 2.68. The highest BCUT2D eigenvalue weighted by Crippen LogP contribution is 2.36. The van der Waals surface area contributed by atoms with Crippen LogP contribution < -0.4 is 5.32 Å². The van der Waals surface area contributed by atoms with E-state index in [1.807, 2.05) is 11.3 Å². The Balaban J connectivity index is 2.05. The van der Waals surface area contributed by atoms with E-state index in [0.717, 1.165) is 13.0 Å². The van der Waals surface area contributed by atoms with Gasteiger partial charge in [0.15, 0.2) is 0 Å². The largest absolute Gasteiger partial charge is 0.309 e. The Labute approximate surface area is 109 Å². The van der Waals surface area contributed by atoms with Gasteiger partial charge in [-0.3, -0.25) is 0 Å². The zero-order chi connectivity index (χ0) is 10.7. The standard InChI is InChI=1S/C12H14INS/c1-2-3-7-14-10-5-4-6-11-9(10)8-12(13)15-11/h1,8,10,14H,3-7H2. The molecule has 15 heavy (non-hydrogen) atoms. The van der Waals surface area contributed by atoms with Crippen molar-refractivity contribution < 1.29 is 0 Å². The molecule has 0 radical (unpaired) electrons. The van der Waals surface area contributed by atoms with Gasteiger partial charge in [-0.15, -0.1) is 23.7 Å². The monoisotopic (exact) mass is 331 g/mol. The van der Waals surface area contributed by atoms with Crippen LogP contribution in [0.2, 0.25) is 0 Å². The zero-order valence-electron chi connectivity index (χ0n) is 8.55. The van der Waals surface area contributed by atoms with Crippen molar-refractivity contribution in [1.29, 1.82) is 0 Å². The predicted molar refractivity (Wildman–Crippen MR) is 74.2 cm³/mol. The zero-order valence-corrected chi connectivity index (χ0v) is 11.5. The molecule has 1 aliphatic carbocycles. The molecule has 0 spiro atoms. The van der Waals surface area contributed by atoms with Crippen LogP contribution in [-0.4, -0.2) is 6.54 Å². The summed E-state index contributed by atoms with van der Waals surface area (Å²) in [6, 6.07) is 2.87. The van der Waals surface area contributed by atoms with Gasteiger partial charge in [-0.1, -0.05) is 0 Å². The highest BCUT2D eigenvalue weighted by Gasteiger charge is 2.21. The van der Waals surface area contributed by atoms with Crippen molar-refractivity contribution in [2.75, 3.05) is 6.54 Å². The quantitative estimate of drug-likeness (QED) is 0.509. The Morgan fingerprint density at radius 1 is 1.67 bits per heavy atom. The molecule has 0 aliphatic heterocycles. The smallest absolute Gasteiger partial charge is 0.0659 e. The van der Waals surface area contributed by atoms with Crippen LogP contribution in [0.25, 0.3) is 0 Å². The molecule has 2 rings (SSSR count). The van der Waals surface area contributed by atoms with E-state index in [0.29, 0.717) is 6.04 Å². The first-order chi connectivity index (χ1) is 7.31. The van der Waals surface area contributed by atoms with E-state index in [-0.39, 0.29) is 0 Å². The number of fused-ring (bicyclic) bond motifs is 1. The van der Waals surface area contributed by atoms with E-state index in [4.69, 9.17) is 6.42 Å². The van der Waals surface area contributed by atoms with Gasteiger partial charge in [-0.25, -0.2) is 0 Å². The fraction of sp³-hybridized carbons (Fsp3) is 0.500. The first kappa shape index (κ1) is 11.4. The lowest BCUT2D eigenvalue weighted by molar-refractivity contribution is 0.470. The summed E-state index contributed by atoms with van der Waals surface area (Å²) in [6.45, 7) is 0.938. The fourth-order valence-electron chi connectivity index (χ4n) is 2.05. The summed E-state index contributed by atoms with van der Waals surface area (Å²) in [5.41, 5.74) is 1.52. The number of nitrogens with one attached hydrogen (secondary N) is 1. The summed E-state index contributed by atoms with van der Waals surface area (Å²) >= 11 is 4.35. The third-order valence-electron chi connectivity index (χ3n) is 2.74. The maximum atomic E-state index is 5.25. The molecule has 80 valence electrons. The molecule has 1 nitrogen and oxygen atoms in total. The van der Waals surface area contributed by atoms with Crippen LogP contribution in [0.4, 0.5) is 0 Å². The van der Waals surface area contributed by atoms with Crippen LogP contribution in [0.3, 0.4) is 0 Å². The van der Waals surface area contributed by atoms with Gasteiger partial charge < -0.3 is 5.32 Å². The number of hydrogen-bond donors (Lipinski definition) is 1. The second kappa shape index (κ2) is 5.33. The van der Waals surface area contributed by atoms with E-state index >= 15 is 0 Å². The van der Waals surface area contributed by atoms with Crippen LogP contribution >= 0.6 is 33.9 Å². The van der Waals surface area contributed by atoms with Gasteiger partial charge in [-0.05, 0) is 53.5 Å². The van der Waals surface area contributed by atoms with Crippen molar-refractivity contribution >= 4 is 33.9 Å². The van der Waals surface area contributed by atoms with Crippen LogP contribution in [-0.2, 0) is 6.42 Å². The van der Waals surface area contributed by atoms with Crippen LogP contribution in [0.1, 0.15) is 35.7 Å². The third kappa shape index (κ3) is 2.74. The number of hydrogen-bond acceptors (Lipinski definition) is 2. The molecule has 1 aromatic heterocycles. The highest BCUT2D eigenvalue weighted by atomic mass is 127. The molecule has 1 unspecified atom stereocenters. The Morgan fingerprint density at radius 2 is 2.53 bits per heavy atom. The summed E-state index contributed by atoms with van der Waals surface area (Å²) in [4.78, 5) is 1.57. The molecule has 1 aliphatic rings. The van der Waals surface area contributed by atoms with E-state index in [2.05, 4.69) is 39.9 Å². The maximum Gasteiger partial charge on any atom is 0.0659 e. The maximum absolute atomic E-state index is 5.25. The minimum absolute atomic E-state index is 0.543. The first-order valence-corrected chi connectivity index (χ1v) is 7.15. The average molecular weight is 331 g/mol. The lowest BCUT2D eigenvalue weighted by Crippen LogP contribution is -2.24. The van der Waals surface area contributed by atoms with Crippen molar-refractivity contribution in [2.24, 2.45) is 0 Å². The predicted octanol–water partition coefficient (Wildman–Crippen LogP) is 3.34. The van der Waals surface area contributed by atoms with Gasteiger partial charge in [-0.2, -0.15) is 0 Å². The van der Waals surface area contributed by atoms with Crippen LogP contribution in [0.5, 0.6) is 0 Å². The molecule has 0 bridgehead atoms. The second-order valence-electron chi connectivity index (χ2n) is 3.78. The number of aryl methyl sites for hydroxylation is 1. The van der Waals surface area contributed by atoms with Crippen molar-refractivity contribution in [3.8, 4) is 12.3 Å². The van der Waals surface area contributed by atoms with E-state index in [1.165, 1.54) is 27.7 Å². The molecule has 0 saturated carbocycles. The van der Waals surface area contributed by atoms with Gasteiger partial charge in [0.2, 0.25) is 0 Å². The minimum atomic E-state index is 0.543. The van der Waals surface area contributed by atoms with Gasteiger partial charge in [0.1, 0.15) is 0 Å². The van der Waals surface area contributed by atoms with Gasteiger partial charge in [0.05, 0.1) is 2.88 Å². The third-order valence-corrected chi connectivity index (χ3v) is 4.71. The van der Waals surface area contributed by atoms with Gasteiger partial charge in [0.25, 0.3) is 0 Å². The number of halogens is 1. The topological polar surface area (TPSA) is 12.0 Å². The normalized spacial score (nSPS) is 19.6. The lowest BCUT2D eigenvalue weighted by Gasteiger charge is -2.23. The molecular weight excluding hydrogens is 317 g/mol. The van der Waals surface area contributed by atoms with E-state index in [1.54, 1.807) is 4.88 Å². The van der Waals surface area contributed by atoms with Gasteiger partial charge in [0, 0.05) is 23.9 Å². The van der Waals surface area contributed by atoms with Crippen LogP contribution in [0.15, 0.2) is 6.07 Å². The summed E-state index contributed by atoms with van der Waals surface area (Å²) in [7, 11) is 0.